The Morgan fingerprint density at radius 3 is 2.68 bits per heavy atom. The fourth-order valence-electron chi connectivity index (χ4n) is 2.96. The van der Waals surface area contributed by atoms with E-state index in [0.29, 0.717) is 6.54 Å². The van der Waals surface area contributed by atoms with Gasteiger partial charge in [0.2, 0.25) is 0 Å². The summed E-state index contributed by atoms with van der Waals surface area (Å²) in [4.78, 5) is 4.62. The molecule has 0 bridgehead atoms. The zero-order valence-electron chi connectivity index (χ0n) is 17.5. The van der Waals surface area contributed by atoms with Gasteiger partial charge in [-0.15, -0.1) is 10.2 Å². The number of aliphatic imine (C=N–C) groups is 1. The lowest BCUT2D eigenvalue weighted by molar-refractivity contribution is 0.128. The molecule has 0 atom stereocenters. The maximum atomic E-state index is 5.73. The lowest BCUT2D eigenvalue weighted by atomic mass is 10.1. The second-order valence-corrected chi connectivity index (χ2v) is 6.90. The number of rotatable bonds is 14. The predicted molar refractivity (Wildman–Crippen MR) is 115 cm³/mol. The van der Waals surface area contributed by atoms with Crippen molar-refractivity contribution in [3.63, 3.8) is 0 Å². The molecule has 2 heterocycles. The molecular formula is C21H36N6O. The van der Waals surface area contributed by atoms with Crippen molar-refractivity contribution in [1.29, 1.82) is 0 Å². The van der Waals surface area contributed by atoms with Crippen molar-refractivity contribution in [3.05, 3.63) is 30.2 Å². The van der Waals surface area contributed by atoms with E-state index < -0.39 is 0 Å². The minimum absolute atomic E-state index is 0.481. The molecule has 0 unspecified atom stereocenters. The first kappa shape index (κ1) is 22.1. The minimum Gasteiger partial charge on any atom is -0.381 e. The first-order valence-corrected chi connectivity index (χ1v) is 10.7. The molecular weight excluding hydrogens is 352 g/mol. The first-order valence-electron chi connectivity index (χ1n) is 10.7. The molecule has 0 aromatic carbocycles. The molecule has 0 saturated heterocycles. The van der Waals surface area contributed by atoms with Crippen LogP contribution in [0.2, 0.25) is 0 Å². The molecule has 2 rings (SSSR count). The van der Waals surface area contributed by atoms with E-state index in [1.165, 1.54) is 38.5 Å². The molecule has 28 heavy (non-hydrogen) atoms. The van der Waals surface area contributed by atoms with Gasteiger partial charge in [0, 0.05) is 32.5 Å². The van der Waals surface area contributed by atoms with E-state index in [9.17, 15) is 0 Å². The summed E-state index contributed by atoms with van der Waals surface area (Å²) in [6.45, 7) is 8.11. The SMILES string of the molecule is CCCCCCCCOCCCNC(=NCc1nnc2ccccn12)NCC. The molecule has 0 spiro atoms. The third kappa shape index (κ3) is 8.25. The molecule has 0 fully saturated rings. The summed E-state index contributed by atoms with van der Waals surface area (Å²) in [6, 6.07) is 5.87. The van der Waals surface area contributed by atoms with E-state index in [1.807, 2.05) is 28.8 Å². The van der Waals surface area contributed by atoms with Crippen LogP contribution in [-0.2, 0) is 11.3 Å². The standard InChI is InChI=1S/C21H36N6O/c1-3-5-6-7-8-11-16-28-17-12-14-23-21(22-4-2)24-18-20-26-25-19-13-9-10-15-27(19)20/h9-10,13,15H,3-8,11-12,14,16-18H2,1-2H3,(H2,22,23,24). The van der Waals surface area contributed by atoms with Crippen molar-refractivity contribution in [2.24, 2.45) is 4.99 Å². The first-order chi connectivity index (χ1) is 13.8. The average molecular weight is 389 g/mol. The Balaban J connectivity index is 1.61. The summed E-state index contributed by atoms with van der Waals surface area (Å²) in [5.41, 5.74) is 0.841. The number of hydrogen-bond acceptors (Lipinski definition) is 4. The van der Waals surface area contributed by atoms with E-state index >= 15 is 0 Å². The molecule has 156 valence electrons. The van der Waals surface area contributed by atoms with Gasteiger partial charge in [-0.2, -0.15) is 0 Å². The molecule has 0 aliphatic carbocycles. The third-order valence-corrected chi connectivity index (χ3v) is 4.51. The van der Waals surface area contributed by atoms with Crippen LogP contribution < -0.4 is 10.6 Å². The van der Waals surface area contributed by atoms with Gasteiger partial charge >= 0.3 is 0 Å². The number of unbranched alkanes of at least 4 members (excludes halogenated alkanes) is 5. The topological polar surface area (TPSA) is 75.8 Å². The summed E-state index contributed by atoms with van der Waals surface area (Å²) in [5.74, 6) is 1.63. The molecule has 2 aromatic rings. The Bertz CT molecular complexity index is 684. The molecule has 7 heteroatoms. The Labute approximate surface area is 169 Å². The average Bonchev–Trinajstić information content (AvgIpc) is 3.13. The highest BCUT2D eigenvalue weighted by Gasteiger charge is 2.04. The Kier molecular flexibility index (Phi) is 11.0. The number of aromatic nitrogens is 3. The summed E-state index contributed by atoms with van der Waals surface area (Å²) in [7, 11) is 0. The molecule has 0 saturated carbocycles. The van der Waals surface area contributed by atoms with Crippen LogP contribution >= 0.6 is 0 Å². The van der Waals surface area contributed by atoms with Crippen LogP contribution in [0.4, 0.5) is 0 Å². The Morgan fingerprint density at radius 2 is 1.82 bits per heavy atom. The number of hydrogen-bond donors (Lipinski definition) is 2. The normalized spacial score (nSPS) is 11.9. The van der Waals surface area contributed by atoms with Crippen LogP contribution in [0.5, 0.6) is 0 Å². The molecule has 0 aliphatic rings. The van der Waals surface area contributed by atoms with Crippen molar-refractivity contribution in [2.45, 2.75) is 65.3 Å². The number of ether oxygens (including phenoxy) is 1. The summed E-state index contributed by atoms with van der Waals surface area (Å²) < 4.78 is 7.69. The van der Waals surface area contributed by atoms with Gasteiger partial charge in [-0.05, 0) is 31.9 Å². The van der Waals surface area contributed by atoms with Gasteiger partial charge < -0.3 is 15.4 Å². The number of fused-ring (bicyclic) bond motifs is 1. The number of nitrogens with one attached hydrogen (secondary N) is 2. The summed E-state index contributed by atoms with van der Waals surface area (Å²) in [6.07, 6.45) is 10.7. The van der Waals surface area contributed by atoms with E-state index in [2.05, 4.69) is 39.7 Å². The quantitative estimate of drug-likeness (QED) is 0.294. The van der Waals surface area contributed by atoms with Crippen LogP contribution in [0, 0.1) is 0 Å². The number of guanidine groups is 1. The highest BCUT2D eigenvalue weighted by Crippen LogP contribution is 2.05. The monoisotopic (exact) mass is 388 g/mol. The Hall–Kier alpha value is -2.15. The van der Waals surface area contributed by atoms with Crippen molar-refractivity contribution in [3.8, 4) is 0 Å². The Morgan fingerprint density at radius 1 is 1.00 bits per heavy atom. The third-order valence-electron chi connectivity index (χ3n) is 4.51. The van der Waals surface area contributed by atoms with E-state index in [4.69, 9.17) is 4.74 Å². The van der Waals surface area contributed by atoms with Crippen LogP contribution in [0.25, 0.3) is 5.65 Å². The maximum Gasteiger partial charge on any atom is 0.191 e. The van der Waals surface area contributed by atoms with Gasteiger partial charge in [-0.3, -0.25) is 4.40 Å². The fraction of sp³-hybridized carbons (Fsp3) is 0.667. The van der Waals surface area contributed by atoms with Gasteiger partial charge in [-0.25, -0.2) is 4.99 Å². The van der Waals surface area contributed by atoms with Crippen LogP contribution in [0.15, 0.2) is 29.4 Å². The highest BCUT2D eigenvalue weighted by atomic mass is 16.5. The molecule has 7 nitrogen and oxygen atoms in total. The zero-order valence-corrected chi connectivity index (χ0v) is 17.5. The number of pyridine rings is 1. The predicted octanol–water partition coefficient (Wildman–Crippen LogP) is 3.55. The van der Waals surface area contributed by atoms with Crippen LogP contribution in [0.3, 0.4) is 0 Å². The molecule has 2 N–H and O–H groups in total. The van der Waals surface area contributed by atoms with E-state index in [0.717, 1.165) is 50.2 Å². The lowest BCUT2D eigenvalue weighted by Crippen LogP contribution is -2.38. The van der Waals surface area contributed by atoms with Crippen molar-refractivity contribution >= 4 is 11.6 Å². The van der Waals surface area contributed by atoms with Crippen LogP contribution in [-0.4, -0.2) is 46.9 Å². The maximum absolute atomic E-state index is 5.73. The van der Waals surface area contributed by atoms with Crippen LogP contribution in [0.1, 0.15) is 64.6 Å². The van der Waals surface area contributed by atoms with Gasteiger partial charge in [-0.1, -0.05) is 45.1 Å². The molecule has 0 aliphatic heterocycles. The van der Waals surface area contributed by atoms with E-state index in [-0.39, 0.29) is 0 Å². The van der Waals surface area contributed by atoms with Gasteiger partial charge in [0.15, 0.2) is 17.4 Å². The minimum atomic E-state index is 0.481. The zero-order chi connectivity index (χ0) is 19.9. The summed E-state index contributed by atoms with van der Waals surface area (Å²) >= 11 is 0. The smallest absolute Gasteiger partial charge is 0.191 e. The highest BCUT2D eigenvalue weighted by molar-refractivity contribution is 5.79. The van der Waals surface area contributed by atoms with Gasteiger partial charge in [0.05, 0.1) is 0 Å². The van der Waals surface area contributed by atoms with E-state index in [1.54, 1.807) is 0 Å². The lowest BCUT2D eigenvalue weighted by Gasteiger charge is -2.11. The molecule has 0 radical (unpaired) electrons. The second kappa shape index (κ2) is 13.9. The van der Waals surface area contributed by atoms with Crippen molar-refractivity contribution < 1.29 is 4.74 Å². The fourth-order valence-corrected chi connectivity index (χ4v) is 2.96. The van der Waals surface area contributed by atoms with Crippen molar-refractivity contribution in [1.82, 2.24) is 25.2 Å². The second-order valence-electron chi connectivity index (χ2n) is 6.90. The molecule has 0 amide bonds. The molecule has 2 aromatic heterocycles. The van der Waals surface area contributed by atoms with Gasteiger partial charge in [0.25, 0.3) is 0 Å². The largest absolute Gasteiger partial charge is 0.381 e. The van der Waals surface area contributed by atoms with Crippen molar-refractivity contribution in [2.75, 3.05) is 26.3 Å². The van der Waals surface area contributed by atoms with Gasteiger partial charge in [0.1, 0.15) is 6.54 Å². The summed E-state index contributed by atoms with van der Waals surface area (Å²) in [5, 5.41) is 15.0. The number of nitrogens with zero attached hydrogens (tertiary/aromatic N) is 4.